The van der Waals surface area contributed by atoms with Gasteiger partial charge < -0.3 is 10.5 Å². The van der Waals surface area contributed by atoms with Gasteiger partial charge in [-0.05, 0) is 36.8 Å². The predicted molar refractivity (Wildman–Crippen MR) is 74.8 cm³/mol. The van der Waals surface area contributed by atoms with E-state index in [1.165, 1.54) is 0 Å². The van der Waals surface area contributed by atoms with Gasteiger partial charge in [0.1, 0.15) is 12.4 Å². The number of aromatic nitrogens is 2. The molecule has 1 heterocycles. The maximum absolute atomic E-state index is 5.64. The van der Waals surface area contributed by atoms with Crippen LogP contribution in [0.25, 0.3) is 0 Å². The lowest BCUT2D eigenvalue weighted by atomic mass is 10.2. The van der Waals surface area contributed by atoms with Crippen LogP contribution in [0, 0.1) is 18.8 Å². The fourth-order valence-corrected chi connectivity index (χ4v) is 1.63. The monoisotopic (exact) mass is 255 g/mol. The lowest BCUT2D eigenvalue weighted by Gasteiger charge is -2.06. The van der Waals surface area contributed by atoms with Gasteiger partial charge in [0.25, 0.3) is 0 Å². The molecule has 0 spiro atoms. The number of ether oxygens (including phenoxy) is 1. The van der Waals surface area contributed by atoms with Crippen molar-refractivity contribution in [2.45, 2.75) is 13.5 Å². The van der Waals surface area contributed by atoms with E-state index in [-0.39, 0.29) is 0 Å². The molecule has 4 nitrogen and oxygen atoms in total. The molecule has 0 aliphatic carbocycles. The predicted octanol–water partition coefficient (Wildman–Crippen LogP) is 1.58. The molecule has 0 radical (unpaired) electrons. The van der Waals surface area contributed by atoms with Gasteiger partial charge in [-0.2, -0.15) is 5.10 Å². The van der Waals surface area contributed by atoms with E-state index >= 15 is 0 Å². The minimum atomic E-state index is 0.377. The van der Waals surface area contributed by atoms with Gasteiger partial charge in [-0.15, -0.1) is 0 Å². The summed E-state index contributed by atoms with van der Waals surface area (Å²) in [6.45, 7) is 3.73. The molecular weight excluding hydrogens is 238 g/mol. The second-order valence-electron chi connectivity index (χ2n) is 4.16. The Morgan fingerprint density at radius 1 is 1.32 bits per heavy atom. The van der Waals surface area contributed by atoms with Crippen molar-refractivity contribution in [2.24, 2.45) is 5.73 Å². The zero-order valence-corrected chi connectivity index (χ0v) is 11.0. The number of nitrogens with zero attached hydrogens (tertiary/aromatic N) is 2. The summed E-state index contributed by atoms with van der Waals surface area (Å²) in [7, 11) is 0. The summed E-state index contributed by atoms with van der Waals surface area (Å²) in [5, 5.41) is 4.20. The SMILES string of the molecule is Cc1cnn(CCOc2ccc(C#CCN)cc2)c1. The van der Waals surface area contributed by atoms with E-state index in [0.717, 1.165) is 23.4 Å². The largest absolute Gasteiger partial charge is 0.492 e. The van der Waals surface area contributed by atoms with Crippen molar-refractivity contribution in [1.82, 2.24) is 9.78 Å². The van der Waals surface area contributed by atoms with E-state index in [0.29, 0.717) is 13.2 Å². The second-order valence-corrected chi connectivity index (χ2v) is 4.16. The minimum absolute atomic E-state index is 0.377. The molecule has 0 saturated heterocycles. The van der Waals surface area contributed by atoms with Crippen molar-refractivity contribution in [3.8, 4) is 17.6 Å². The van der Waals surface area contributed by atoms with E-state index < -0.39 is 0 Å². The first kappa shape index (κ1) is 13.2. The van der Waals surface area contributed by atoms with Crippen LogP contribution in [0.1, 0.15) is 11.1 Å². The quantitative estimate of drug-likeness (QED) is 0.844. The highest BCUT2D eigenvalue weighted by Crippen LogP contribution is 2.11. The normalized spacial score (nSPS) is 9.79. The molecule has 0 aliphatic heterocycles. The second kappa shape index (κ2) is 6.62. The van der Waals surface area contributed by atoms with Crippen LogP contribution in [0.5, 0.6) is 5.75 Å². The third kappa shape index (κ3) is 4.16. The zero-order chi connectivity index (χ0) is 13.5. The summed E-state index contributed by atoms with van der Waals surface area (Å²) in [6.07, 6.45) is 3.83. The molecule has 0 atom stereocenters. The average Bonchev–Trinajstić information content (AvgIpc) is 2.84. The Morgan fingerprint density at radius 3 is 2.74 bits per heavy atom. The molecule has 98 valence electrons. The van der Waals surface area contributed by atoms with Crippen molar-refractivity contribution in [3.05, 3.63) is 47.8 Å². The first-order valence-corrected chi connectivity index (χ1v) is 6.19. The molecule has 2 N–H and O–H groups in total. The minimum Gasteiger partial charge on any atom is -0.492 e. The summed E-state index contributed by atoms with van der Waals surface area (Å²) in [6, 6.07) is 7.68. The van der Waals surface area contributed by atoms with Crippen molar-refractivity contribution < 1.29 is 4.74 Å². The van der Waals surface area contributed by atoms with Gasteiger partial charge in [0.05, 0.1) is 19.3 Å². The maximum Gasteiger partial charge on any atom is 0.119 e. The van der Waals surface area contributed by atoms with E-state index in [2.05, 4.69) is 16.9 Å². The summed E-state index contributed by atoms with van der Waals surface area (Å²) in [5.41, 5.74) is 7.42. The molecule has 1 aromatic heterocycles. The van der Waals surface area contributed by atoms with Gasteiger partial charge >= 0.3 is 0 Å². The molecule has 19 heavy (non-hydrogen) atoms. The molecule has 0 saturated carbocycles. The third-order valence-corrected chi connectivity index (χ3v) is 2.54. The lowest BCUT2D eigenvalue weighted by Crippen LogP contribution is -2.08. The Balaban J connectivity index is 1.83. The molecule has 0 fully saturated rings. The van der Waals surface area contributed by atoms with Crippen molar-refractivity contribution in [2.75, 3.05) is 13.2 Å². The molecule has 2 aromatic rings. The van der Waals surface area contributed by atoms with Crippen LogP contribution < -0.4 is 10.5 Å². The van der Waals surface area contributed by atoms with Crippen molar-refractivity contribution in [1.29, 1.82) is 0 Å². The van der Waals surface area contributed by atoms with Crippen LogP contribution in [0.4, 0.5) is 0 Å². The zero-order valence-electron chi connectivity index (χ0n) is 11.0. The van der Waals surface area contributed by atoms with Crippen LogP contribution >= 0.6 is 0 Å². The molecular formula is C15H17N3O. The van der Waals surface area contributed by atoms with E-state index in [9.17, 15) is 0 Å². The molecule has 2 rings (SSSR count). The van der Waals surface area contributed by atoms with Crippen LogP contribution in [0.2, 0.25) is 0 Å². The average molecular weight is 255 g/mol. The van der Waals surface area contributed by atoms with Crippen LogP contribution in [0.3, 0.4) is 0 Å². The Morgan fingerprint density at radius 2 is 2.11 bits per heavy atom. The lowest BCUT2D eigenvalue weighted by molar-refractivity contribution is 0.291. The molecule has 4 heteroatoms. The maximum atomic E-state index is 5.64. The van der Waals surface area contributed by atoms with Gasteiger partial charge in [-0.1, -0.05) is 11.8 Å². The molecule has 1 aromatic carbocycles. The van der Waals surface area contributed by atoms with Crippen LogP contribution in [-0.4, -0.2) is 22.9 Å². The smallest absolute Gasteiger partial charge is 0.119 e. The van der Waals surface area contributed by atoms with Gasteiger partial charge in [0.15, 0.2) is 0 Å². The summed E-state index contributed by atoms with van der Waals surface area (Å²) >= 11 is 0. The topological polar surface area (TPSA) is 53.1 Å². The van der Waals surface area contributed by atoms with Crippen LogP contribution in [0.15, 0.2) is 36.7 Å². The highest BCUT2D eigenvalue weighted by Gasteiger charge is 1.96. The highest BCUT2D eigenvalue weighted by atomic mass is 16.5. The van der Waals surface area contributed by atoms with E-state index in [1.807, 2.05) is 48.3 Å². The number of nitrogens with two attached hydrogens (primary N) is 1. The fourth-order valence-electron chi connectivity index (χ4n) is 1.63. The highest BCUT2D eigenvalue weighted by molar-refractivity contribution is 5.38. The molecule has 0 bridgehead atoms. The molecule has 0 amide bonds. The van der Waals surface area contributed by atoms with Gasteiger partial charge in [0.2, 0.25) is 0 Å². The Kier molecular flexibility index (Phi) is 4.60. The molecule has 0 aliphatic rings. The number of hydrogen-bond donors (Lipinski definition) is 1. The number of hydrogen-bond acceptors (Lipinski definition) is 3. The Labute approximate surface area is 113 Å². The summed E-state index contributed by atoms with van der Waals surface area (Å²) in [5.74, 6) is 6.62. The first-order valence-electron chi connectivity index (χ1n) is 6.19. The van der Waals surface area contributed by atoms with E-state index in [1.54, 1.807) is 0 Å². The molecule has 0 unspecified atom stereocenters. The first-order chi connectivity index (χ1) is 9.28. The van der Waals surface area contributed by atoms with Crippen molar-refractivity contribution >= 4 is 0 Å². The number of rotatable bonds is 4. The van der Waals surface area contributed by atoms with Gasteiger partial charge in [-0.3, -0.25) is 4.68 Å². The van der Waals surface area contributed by atoms with Crippen LogP contribution in [-0.2, 0) is 6.54 Å². The third-order valence-electron chi connectivity index (χ3n) is 2.54. The fraction of sp³-hybridized carbons (Fsp3) is 0.267. The summed E-state index contributed by atoms with van der Waals surface area (Å²) in [4.78, 5) is 0. The standard InChI is InChI=1S/C15H17N3O/c1-13-11-17-18(12-13)9-10-19-15-6-4-14(5-7-15)3-2-8-16/h4-7,11-12H,8-10,16H2,1H3. The van der Waals surface area contributed by atoms with Crippen molar-refractivity contribution in [3.63, 3.8) is 0 Å². The number of aryl methyl sites for hydroxylation is 1. The van der Waals surface area contributed by atoms with Gasteiger partial charge in [-0.25, -0.2) is 0 Å². The Hall–Kier alpha value is -2.25. The van der Waals surface area contributed by atoms with Gasteiger partial charge in [0, 0.05) is 11.8 Å². The Bertz CT molecular complexity index is 575. The summed E-state index contributed by atoms with van der Waals surface area (Å²) < 4.78 is 7.52. The number of benzene rings is 1. The van der Waals surface area contributed by atoms with E-state index in [4.69, 9.17) is 10.5 Å².